The maximum Gasteiger partial charge on any atom is 0.232 e. The lowest BCUT2D eigenvalue weighted by atomic mass is 9.84. The van der Waals surface area contributed by atoms with Gasteiger partial charge in [0.2, 0.25) is 5.91 Å². The highest BCUT2D eigenvalue weighted by molar-refractivity contribution is 5.83. The van der Waals surface area contributed by atoms with Crippen LogP contribution in [0.25, 0.3) is 0 Å². The maximum absolute atomic E-state index is 12.3. The highest BCUT2D eigenvalue weighted by Gasteiger charge is 2.45. The normalized spacial score (nSPS) is 28.7. The molecule has 0 aromatic carbocycles. The van der Waals surface area contributed by atoms with Crippen LogP contribution in [0.5, 0.6) is 0 Å². The van der Waals surface area contributed by atoms with Crippen molar-refractivity contribution in [3.05, 3.63) is 0 Å². The van der Waals surface area contributed by atoms with Gasteiger partial charge in [-0.25, -0.2) is 0 Å². The number of amides is 1. The molecule has 1 saturated heterocycles. The van der Waals surface area contributed by atoms with Crippen molar-refractivity contribution < 1.29 is 14.3 Å². The lowest BCUT2D eigenvalue weighted by Gasteiger charge is -2.30. The summed E-state index contributed by atoms with van der Waals surface area (Å²) in [5.41, 5.74) is 5.33. The van der Waals surface area contributed by atoms with Gasteiger partial charge in [0.05, 0.1) is 31.3 Å². The van der Waals surface area contributed by atoms with Gasteiger partial charge in [0, 0.05) is 19.6 Å². The number of hydrogen-bond donors (Lipinski definition) is 1. The fraction of sp³-hybridized carbons (Fsp3) is 0.917. The van der Waals surface area contributed by atoms with Gasteiger partial charge in [-0.3, -0.25) is 4.79 Å². The summed E-state index contributed by atoms with van der Waals surface area (Å²) in [4.78, 5) is 13.9. The van der Waals surface area contributed by atoms with Gasteiger partial charge in [-0.15, -0.1) is 0 Å². The molecule has 0 aromatic heterocycles. The molecule has 0 radical (unpaired) electrons. The van der Waals surface area contributed by atoms with Crippen LogP contribution < -0.4 is 5.73 Å². The van der Waals surface area contributed by atoms with E-state index in [0.717, 1.165) is 0 Å². The Morgan fingerprint density at radius 2 is 2.29 bits per heavy atom. The Bertz CT molecular complexity index is 270. The highest BCUT2D eigenvalue weighted by Crippen LogP contribution is 2.28. The molecule has 2 atom stereocenters. The quantitative estimate of drug-likeness (QED) is 0.752. The first kappa shape index (κ1) is 14.4. The highest BCUT2D eigenvalue weighted by atomic mass is 16.5. The number of carbonyl (C=O) groups excluding carboxylic acids is 1. The molecule has 0 aromatic rings. The molecule has 5 heteroatoms. The van der Waals surface area contributed by atoms with Crippen LogP contribution in [0, 0.1) is 5.41 Å². The summed E-state index contributed by atoms with van der Waals surface area (Å²) >= 11 is 0. The van der Waals surface area contributed by atoms with E-state index in [1.54, 1.807) is 11.9 Å². The van der Waals surface area contributed by atoms with E-state index in [2.05, 4.69) is 0 Å². The number of nitrogens with zero attached hydrogens (tertiary/aromatic N) is 1. The zero-order valence-corrected chi connectivity index (χ0v) is 11.2. The van der Waals surface area contributed by atoms with Gasteiger partial charge < -0.3 is 20.1 Å². The van der Waals surface area contributed by atoms with Crippen LogP contribution in [0.2, 0.25) is 0 Å². The standard InChI is InChI=1S/C12H24N2O3/c1-9(2)17-6-5-14(4)11(15)12(3)8-16-7-10(12)13/h9-10H,5-8,13H2,1-4H3. The average molecular weight is 244 g/mol. The van der Waals surface area contributed by atoms with Crippen molar-refractivity contribution >= 4 is 5.91 Å². The molecule has 100 valence electrons. The molecule has 1 rings (SSSR count). The van der Waals surface area contributed by atoms with E-state index in [1.807, 2.05) is 20.8 Å². The fourth-order valence-electron chi connectivity index (χ4n) is 1.87. The lowest BCUT2D eigenvalue weighted by molar-refractivity contribution is -0.141. The molecule has 2 unspecified atom stereocenters. The minimum atomic E-state index is -0.591. The molecule has 1 fully saturated rings. The van der Waals surface area contributed by atoms with Crippen LogP contribution in [-0.4, -0.2) is 56.4 Å². The van der Waals surface area contributed by atoms with Gasteiger partial charge in [0.15, 0.2) is 0 Å². The first-order valence-corrected chi connectivity index (χ1v) is 6.08. The van der Waals surface area contributed by atoms with Gasteiger partial charge in [-0.2, -0.15) is 0 Å². The van der Waals surface area contributed by atoms with Crippen molar-refractivity contribution in [1.82, 2.24) is 4.90 Å². The SMILES string of the molecule is CC(C)OCCN(C)C(=O)C1(C)COCC1N. The topological polar surface area (TPSA) is 64.8 Å². The predicted molar refractivity (Wildman–Crippen MR) is 65.6 cm³/mol. The Morgan fingerprint density at radius 3 is 2.76 bits per heavy atom. The third kappa shape index (κ3) is 3.40. The summed E-state index contributed by atoms with van der Waals surface area (Å²) in [5.74, 6) is 0.0369. The smallest absolute Gasteiger partial charge is 0.232 e. The number of rotatable bonds is 5. The number of carbonyl (C=O) groups is 1. The third-order valence-corrected chi connectivity index (χ3v) is 3.23. The lowest BCUT2D eigenvalue weighted by Crippen LogP contribution is -2.51. The molecule has 0 bridgehead atoms. The average Bonchev–Trinajstić information content (AvgIpc) is 2.58. The molecule has 0 spiro atoms. The molecular weight excluding hydrogens is 220 g/mol. The Balaban J connectivity index is 2.46. The van der Waals surface area contributed by atoms with Crippen molar-refractivity contribution in [2.24, 2.45) is 11.1 Å². The molecule has 5 nitrogen and oxygen atoms in total. The summed E-state index contributed by atoms with van der Waals surface area (Å²) in [6, 6.07) is -0.219. The fourth-order valence-corrected chi connectivity index (χ4v) is 1.87. The number of ether oxygens (including phenoxy) is 2. The van der Waals surface area contributed by atoms with Crippen LogP contribution in [0.15, 0.2) is 0 Å². The van der Waals surface area contributed by atoms with E-state index in [-0.39, 0.29) is 18.1 Å². The molecule has 17 heavy (non-hydrogen) atoms. The number of nitrogens with two attached hydrogens (primary N) is 1. The summed E-state index contributed by atoms with van der Waals surface area (Å²) in [6.07, 6.45) is 0.186. The minimum Gasteiger partial charge on any atom is -0.379 e. The Morgan fingerprint density at radius 1 is 1.65 bits per heavy atom. The van der Waals surface area contributed by atoms with Gasteiger partial charge in [0.1, 0.15) is 0 Å². The van der Waals surface area contributed by atoms with E-state index < -0.39 is 5.41 Å². The molecule has 2 N–H and O–H groups in total. The molecule has 1 aliphatic rings. The van der Waals surface area contributed by atoms with E-state index in [1.165, 1.54) is 0 Å². The maximum atomic E-state index is 12.3. The first-order chi connectivity index (χ1) is 7.88. The van der Waals surface area contributed by atoms with Gasteiger partial charge >= 0.3 is 0 Å². The molecule has 1 heterocycles. The second-order valence-corrected chi connectivity index (χ2v) is 5.19. The monoisotopic (exact) mass is 244 g/mol. The molecular formula is C12H24N2O3. The largest absolute Gasteiger partial charge is 0.379 e. The van der Waals surface area contributed by atoms with Crippen molar-refractivity contribution in [1.29, 1.82) is 0 Å². The van der Waals surface area contributed by atoms with Crippen LogP contribution >= 0.6 is 0 Å². The zero-order chi connectivity index (χ0) is 13.1. The third-order valence-electron chi connectivity index (χ3n) is 3.23. The summed E-state index contributed by atoms with van der Waals surface area (Å²) in [6.45, 7) is 7.81. The van der Waals surface area contributed by atoms with Crippen molar-refractivity contribution in [2.45, 2.75) is 32.9 Å². The Hall–Kier alpha value is -0.650. The van der Waals surface area contributed by atoms with E-state index in [4.69, 9.17) is 15.2 Å². The summed E-state index contributed by atoms with van der Waals surface area (Å²) in [5, 5.41) is 0. The molecule has 0 aliphatic carbocycles. The predicted octanol–water partition coefficient (Wildman–Crippen LogP) is 0.234. The molecule has 1 aliphatic heterocycles. The van der Waals surface area contributed by atoms with Crippen LogP contribution in [-0.2, 0) is 14.3 Å². The number of hydrogen-bond acceptors (Lipinski definition) is 4. The Labute approximate surface area is 103 Å². The van der Waals surface area contributed by atoms with Crippen LogP contribution in [0.3, 0.4) is 0 Å². The van der Waals surface area contributed by atoms with Gasteiger partial charge in [0.25, 0.3) is 0 Å². The summed E-state index contributed by atoms with van der Waals surface area (Å²) in [7, 11) is 1.78. The summed E-state index contributed by atoms with van der Waals surface area (Å²) < 4.78 is 10.7. The minimum absolute atomic E-state index is 0.0369. The van der Waals surface area contributed by atoms with Crippen LogP contribution in [0.4, 0.5) is 0 Å². The first-order valence-electron chi connectivity index (χ1n) is 6.08. The second kappa shape index (κ2) is 5.80. The second-order valence-electron chi connectivity index (χ2n) is 5.19. The van der Waals surface area contributed by atoms with Crippen LogP contribution in [0.1, 0.15) is 20.8 Å². The van der Waals surface area contributed by atoms with E-state index in [9.17, 15) is 4.79 Å². The van der Waals surface area contributed by atoms with Gasteiger partial charge in [-0.1, -0.05) is 0 Å². The molecule has 1 amide bonds. The van der Waals surface area contributed by atoms with Crippen molar-refractivity contribution in [2.75, 3.05) is 33.4 Å². The number of likely N-dealkylation sites (N-methyl/N-ethyl adjacent to an activating group) is 1. The van der Waals surface area contributed by atoms with E-state index in [0.29, 0.717) is 26.4 Å². The van der Waals surface area contributed by atoms with E-state index >= 15 is 0 Å². The zero-order valence-electron chi connectivity index (χ0n) is 11.2. The molecule has 0 saturated carbocycles. The van der Waals surface area contributed by atoms with Crippen molar-refractivity contribution in [3.63, 3.8) is 0 Å². The van der Waals surface area contributed by atoms with Gasteiger partial charge in [-0.05, 0) is 20.8 Å². The Kier molecular flexibility index (Phi) is 4.91. The van der Waals surface area contributed by atoms with Crippen molar-refractivity contribution in [3.8, 4) is 0 Å².